The predicted molar refractivity (Wildman–Crippen MR) is 66.1 cm³/mol. The molecule has 3 aromatic rings. The summed E-state index contributed by atoms with van der Waals surface area (Å²) in [6, 6.07) is 2.08. The Morgan fingerprint density at radius 2 is 2.06 bits per heavy atom. The highest BCUT2D eigenvalue weighted by Gasteiger charge is 2.21. The van der Waals surface area contributed by atoms with Crippen LogP contribution in [0.2, 0.25) is 0 Å². The highest BCUT2D eigenvalue weighted by atomic mass is 15.1. The van der Waals surface area contributed by atoms with Crippen molar-refractivity contribution in [3.63, 3.8) is 0 Å². The van der Waals surface area contributed by atoms with Crippen molar-refractivity contribution in [1.29, 1.82) is 0 Å². The zero-order valence-corrected chi connectivity index (χ0v) is 9.56. The molecule has 3 heterocycles. The third-order valence-corrected chi connectivity index (χ3v) is 3.84. The Bertz CT molecular complexity index is 673. The molecule has 17 heavy (non-hydrogen) atoms. The number of imidazole rings is 1. The smallest absolute Gasteiger partial charge is 0.156 e. The molecule has 1 aliphatic carbocycles. The van der Waals surface area contributed by atoms with E-state index in [4.69, 9.17) is 0 Å². The van der Waals surface area contributed by atoms with E-state index in [1.54, 1.807) is 0 Å². The number of hydrogen-bond donors (Lipinski definition) is 1. The van der Waals surface area contributed by atoms with Gasteiger partial charge in [0.15, 0.2) is 11.3 Å². The number of H-pyrrole nitrogens is 1. The number of aromatic amines is 1. The molecule has 0 amide bonds. The molecule has 1 aliphatic rings. The molecule has 0 spiro atoms. The van der Waals surface area contributed by atoms with Crippen LogP contribution in [0.1, 0.15) is 37.3 Å². The summed E-state index contributed by atoms with van der Waals surface area (Å²) in [7, 11) is 0. The van der Waals surface area contributed by atoms with E-state index in [1.165, 1.54) is 31.4 Å². The van der Waals surface area contributed by atoms with Crippen LogP contribution in [0.4, 0.5) is 0 Å². The summed E-state index contributed by atoms with van der Waals surface area (Å²) >= 11 is 0. The number of rotatable bonds is 1. The molecule has 0 saturated heterocycles. The number of hydrogen-bond acceptors (Lipinski definition) is 2. The van der Waals surface area contributed by atoms with Gasteiger partial charge in [0.2, 0.25) is 0 Å². The van der Waals surface area contributed by atoms with Crippen LogP contribution in [0.5, 0.6) is 0 Å². The van der Waals surface area contributed by atoms with Crippen LogP contribution in [0.15, 0.2) is 24.7 Å². The molecule has 0 aromatic carbocycles. The molecule has 1 saturated carbocycles. The Morgan fingerprint density at radius 3 is 2.94 bits per heavy atom. The lowest BCUT2D eigenvalue weighted by Gasteiger charge is -2.09. The van der Waals surface area contributed by atoms with Gasteiger partial charge in [-0.25, -0.2) is 9.97 Å². The number of nitrogens with zero attached hydrogens (tertiary/aromatic N) is 3. The number of nitrogens with one attached hydrogen (secondary N) is 1. The monoisotopic (exact) mass is 226 g/mol. The van der Waals surface area contributed by atoms with Crippen LogP contribution in [-0.4, -0.2) is 19.4 Å². The van der Waals surface area contributed by atoms with Crippen LogP contribution in [0.3, 0.4) is 0 Å². The Labute approximate surface area is 98.7 Å². The fraction of sp³-hybridized carbons (Fsp3) is 0.385. The summed E-state index contributed by atoms with van der Waals surface area (Å²) < 4.78 is 2.26. The minimum absolute atomic E-state index is 0.672. The van der Waals surface area contributed by atoms with Gasteiger partial charge < -0.3 is 4.98 Å². The zero-order chi connectivity index (χ0) is 11.2. The molecule has 0 aliphatic heterocycles. The summed E-state index contributed by atoms with van der Waals surface area (Å²) in [5.41, 5.74) is 4.39. The molecule has 0 radical (unpaired) electrons. The van der Waals surface area contributed by atoms with Crippen molar-refractivity contribution in [2.45, 2.75) is 31.6 Å². The van der Waals surface area contributed by atoms with E-state index in [9.17, 15) is 0 Å². The average Bonchev–Trinajstić information content (AvgIpc) is 3.08. The van der Waals surface area contributed by atoms with Gasteiger partial charge in [-0.2, -0.15) is 0 Å². The molecule has 1 N–H and O–H groups in total. The van der Waals surface area contributed by atoms with Gasteiger partial charge in [0, 0.05) is 24.0 Å². The van der Waals surface area contributed by atoms with Crippen LogP contribution in [-0.2, 0) is 0 Å². The molecular formula is C13H14N4. The third-order valence-electron chi connectivity index (χ3n) is 3.84. The molecule has 0 bridgehead atoms. The molecule has 4 rings (SSSR count). The van der Waals surface area contributed by atoms with Gasteiger partial charge in [-0.15, -0.1) is 0 Å². The molecule has 86 valence electrons. The second-order valence-corrected chi connectivity index (χ2v) is 4.83. The van der Waals surface area contributed by atoms with Crippen molar-refractivity contribution in [2.75, 3.05) is 0 Å². The fourth-order valence-electron chi connectivity index (χ4n) is 3.00. The largest absolute Gasteiger partial charge is 0.345 e. The first-order chi connectivity index (χ1) is 8.43. The molecule has 1 fully saturated rings. The summed E-state index contributed by atoms with van der Waals surface area (Å²) in [6.45, 7) is 0. The first kappa shape index (κ1) is 9.22. The summed E-state index contributed by atoms with van der Waals surface area (Å²) in [5, 5.41) is 0. The van der Waals surface area contributed by atoms with Crippen LogP contribution in [0.25, 0.3) is 16.8 Å². The Morgan fingerprint density at radius 1 is 1.18 bits per heavy atom. The summed E-state index contributed by atoms with van der Waals surface area (Å²) in [4.78, 5) is 12.0. The van der Waals surface area contributed by atoms with Gasteiger partial charge in [-0.1, -0.05) is 12.8 Å². The van der Waals surface area contributed by atoms with Gasteiger partial charge in [0.05, 0.1) is 11.7 Å². The van der Waals surface area contributed by atoms with Gasteiger partial charge in [0.1, 0.15) is 0 Å². The van der Waals surface area contributed by atoms with Gasteiger partial charge in [-0.05, 0) is 18.9 Å². The van der Waals surface area contributed by atoms with E-state index >= 15 is 0 Å². The maximum Gasteiger partial charge on any atom is 0.156 e. The van der Waals surface area contributed by atoms with Crippen LogP contribution < -0.4 is 0 Å². The lowest BCUT2D eigenvalue weighted by molar-refractivity contribution is 0.694. The number of fused-ring (bicyclic) bond motifs is 3. The van der Waals surface area contributed by atoms with E-state index < -0.39 is 0 Å². The van der Waals surface area contributed by atoms with Crippen molar-refractivity contribution in [3.8, 4) is 0 Å². The normalized spacial score (nSPS) is 17.4. The lowest BCUT2D eigenvalue weighted by atomic mass is 10.1. The van der Waals surface area contributed by atoms with Crippen molar-refractivity contribution in [2.24, 2.45) is 0 Å². The van der Waals surface area contributed by atoms with Crippen molar-refractivity contribution < 1.29 is 0 Å². The Hall–Kier alpha value is -1.84. The van der Waals surface area contributed by atoms with E-state index in [-0.39, 0.29) is 0 Å². The number of aromatic nitrogens is 4. The lowest BCUT2D eigenvalue weighted by Crippen LogP contribution is -1.99. The quantitative estimate of drug-likeness (QED) is 0.693. The zero-order valence-electron chi connectivity index (χ0n) is 9.56. The SMILES string of the molecule is c1cc2c(ncc3ncc(C4CCCC4)n32)[nH]1. The summed E-state index contributed by atoms with van der Waals surface area (Å²) in [6.07, 6.45) is 11.1. The highest BCUT2D eigenvalue weighted by molar-refractivity contribution is 5.74. The van der Waals surface area contributed by atoms with Gasteiger partial charge in [-0.3, -0.25) is 4.40 Å². The second-order valence-electron chi connectivity index (χ2n) is 4.83. The third kappa shape index (κ3) is 1.24. The maximum atomic E-state index is 4.48. The molecule has 4 nitrogen and oxygen atoms in total. The molecule has 0 atom stereocenters. The Kier molecular flexibility index (Phi) is 1.80. The average molecular weight is 226 g/mol. The van der Waals surface area contributed by atoms with Crippen molar-refractivity contribution in [3.05, 3.63) is 30.4 Å². The topological polar surface area (TPSA) is 46.0 Å². The van der Waals surface area contributed by atoms with E-state index in [0.29, 0.717) is 5.92 Å². The van der Waals surface area contributed by atoms with E-state index in [0.717, 1.165) is 16.8 Å². The maximum absolute atomic E-state index is 4.48. The van der Waals surface area contributed by atoms with E-state index in [2.05, 4.69) is 25.4 Å². The molecule has 4 heteroatoms. The van der Waals surface area contributed by atoms with Crippen LogP contribution in [0, 0.1) is 0 Å². The second kappa shape index (κ2) is 3.32. The first-order valence-electron chi connectivity index (χ1n) is 6.23. The minimum Gasteiger partial charge on any atom is -0.345 e. The van der Waals surface area contributed by atoms with Crippen molar-refractivity contribution >= 4 is 16.8 Å². The molecule has 0 unspecified atom stereocenters. The standard InChI is InChI=1S/C13H14N4/c1-2-4-9(3-1)11-7-15-12-8-16-13-10(17(11)12)5-6-14-13/h5-9,14H,1-4H2. The van der Waals surface area contributed by atoms with Crippen LogP contribution >= 0.6 is 0 Å². The molecule has 3 aromatic heterocycles. The van der Waals surface area contributed by atoms with Gasteiger partial charge >= 0.3 is 0 Å². The van der Waals surface area contributed by atoms with Crippen molar-refractivity contribution in [1.82, 2.24) is 19.4 Å². The summed E-state index contributed by atoms with van der Waals surface area (Å²) in [5.74, 6) is 0.672. The highest BCUT2D eigenvalue weighted by Crippen LogP contribution is 2.35. The van der Waals surface area contributed by atoms with Gasteiger partial charge in [0.25, 0.3) is 0 Å². The minimum atomic E-state index is 0.672. The predicted octanol–water partition coefficient (Wildman–Crippen LogP) is 2.87. The first-order valence-corrected chi connectivity index (χ1v) is 6.23. The molecular weight excluding hydrogens is 212 g/mol. The fourth-order valence-corrected chi connectivity index (χ4v) is 3.00. The Balaban J connectivity index is 2.05. The van der Waals surface area contributed by atoms with E-state index in [1.807, 2.05) is 18.6 Å².